The van der Waals surface area contributed by atoms with Gasteiger partial charge in [0, 0.05) is 23.8 Å². The second kappa shape index (κ2) is 5.24. The third-order valence-electron chi connectivity index (χ3n) is 3.22. The molecule has 0 saturated carbocycles. The molecule has 2 atom stereocenters. The van der Waals surface area contributed by atoms with Gasteiger partial charge in [0.2, 0.25) is 0 Å². The highest BCUT2D eigenvalue weighted by atomic mass is 79.9. The van der Waals surface area contributed by atoms with Gasteiger partial charge in [0.1, 0.15) is 11.4 Å². The van der Waals surface area contributed by atoms with E-state index in [-0.39, 0.29) is 17.6 Å². The van der Waals surface area contributed by atoms with Crippen LogP contribution in [0.5, 0.6) is 0 Å². The molecule has 0 spiro atoms. The lowest BCUT2D eigenvalue weighted by Gasteiger charge is -2.35. The van der Waals surface area contributed by atoms with Crippen LogP contribution >= 0.6 is 15.9 Å². The fourth-order valence-corrected chi connectivity index (χ4v) is 2.50. The second-order valence-corrected chi connectivity index (χ2v) is 5.52. The summed E-state index contributed by atoms with van der Waals surface area (Å²) in [6, 6.07) is 1.56. The number of pyridine rings is 1. The van der Waals surface area contributed by atoms with Crippen molar-refractivity contribution in [2.75, 3.05) is 18.0 Å². The van der Waals surface area contributed by atoms with E-state index in [1.807, 2.05) is 11.8 Å². The van der Waals surface area contributed by atoms with Crippen molar-refractivity contribution in [2.24, 2.45) is 5.92 Å². The summed E-state index contributed by atoms with van der Waals surface area (Å²) in [5, 5.41) is 18.9. The third kappa shape index (κ3) is 2.64. The Bertz CT molecular complexity index is 467. The molecule has 2 heterocycles. The lowest BCUT2D eigenvalue weighted by atomic mass is 9.96. The summed E-state index contributed by atoms with van der Waals surface area (Å²) in [5.41, 5.74) is 0.188. The Morgan fingerprint density at radius 3 is 2.94 bits per heavy atom. The first-order valence-electron chi connectivity index (χ1n) is 5.81. The Kier molecular flexibility index (Phi) is 3.87. The predicted molar refractivity (Wildman–Crippen MR) is 70.9 cm³/mol. The number of rotatable bonds is 2. The zero-order chi connectivity index (χ0) is 13.3. The van der Waals surface area contributed by atoms with Crippen molar-refractivity contribution in [2.45, 2.75) is 19.4 Å². The van der Waals surface area contributed by atoms with E-state index in [0.717, 1.165) is 0 Å². The third-order valence-corrected chi connectivity index (χ3v) is 3.66. The maximum absolute atomic E-state index is 11.2. The summed E-state index contributed by atoms with van der Waals surface area (Å²) in [5.74, 6) is -0.395. The number of carbonyl (C=O) groups is 1. The smallest absolute Gasteiger partial charge is 0.339 e. The molecular formula is C12H15BrN2O3. The van der Waals surface area contributed by atoms with Gasteiger partial charge in [-0.1, -0.05) is 6.92 Å². The number of aromatic carboxylic acids is 1. The molecular weight excluding hydrogens is 300 g/mol. The summed E-state index contributed by atoms with van der Waals surface area (Å²) < 4.78 is 0.647. The van der Waals surface area contributed by atoms with Gasteiger partial charge in [0.25, 0.3) is 0 Å². The minimum absolute atomic E-state index is 0.117. The van der Waals surface area contributed by atoms with E-state index >= 15 is 0 Å². The van der Waals surface area contributed by atoms with Crippen LogP contribution < -0.4 is 4.90 Å². The molecule has 98 valence electrons. The van der Waals surface area contributed by atoms with Crippen LogP contribution in [0.4, 0.5) is 5.82 Å². The monoisotopic (exact) mass is 314 g/mol. The number of carboxylic acids is 1. The molecule has 1 aliphatic rings. The van der Waals surface area contributed by atoms with Crippen LogP contribution in [0.25, 0.3) is 0 Å². The highest BCUT2D eigenvalue weighted by Crippen LogP contribution is 2.26. The average Bonchev–Trinajstić information content (AvgIpc) is 2.32. The molecule has 1 aliphatic heterocycles. The molecule has 0 aromatic carbocycles. The number of aromatic nitrogens is 1. The van der Waals surface area contributed by atoms with Gasteiger partial charge in [0.05, 0.1) is 6.10 Å². The zero-order valence-corrected chi connectivity index (χ0v) is 11.6. The first-order valence-corrected chi connectivity index (χ1v) is 6.60. The SMILES string of the molecule is CC1CN(c2ncc(Br)cc2C(=O)O)CCC1O. The van der Waals surface area contributed by atoms with E-state index in [2.05, 4.69) is 20.9 Å². The van der Waals surface area contributed by atoms with Crippen molar-refractivity contribution in [3.8, 4) is 0 Å². The number of anilines is 1. The number of piperidine rings is 1. The lowest BCUT2D eigenvalue weighted by molar-refractivity contribution is 0.0696. The molecule has 5 nitrogen and oxygen atoms in total. The Hall–Kier alpha value is -1.14. The van der Waals surface area contributed by atoms with E-state index in [1.165, 1.54) is 0 Å². The van der Waals surface area contributed by atoms with Gasteiger partial charge >= 0.3 is 5.97 Å². The Balaban J connectivity index is 2.30. The van der Waals surface area contributed by atoms with Gasteiger partial charge in [-0.2, -0.15) is 0 Å². The van der Waals surface area contributed by atoms with E-state index < -0.39 is 5.97 Å². The summed E-state index contributed by atoms with van der Waals surface area (Å²) in [7, 11) is 0. The number of hydrogen-bond acceptors (Lipinski definition) is 4. The van der Waals surface area contributed by atoms with Gasteiger partial charge in [0.15, 0.2) is 0 Å². The largest absolute Gasteiger partial charge is 0.478 e. The summed E-state index contributed by atoms with van der Waals surface area (Å²) in [6.07, 6.45) is 1.92. The molecule has 0 aliphatic carbocycles. The van der Waals surface area contributed by atoms with Gasteiger partial charge in [-0.3, -0.25) is 0 Å². The van der Waals surface area contributed by atoms with Crippen molar-refractivity contribution in [1.82, 2.24) is 4.98 Å². The molecule has 0 bridgehead atoms. The number of halogens is 1. The van der Waals surface area contributed by atoms with Crippen molar-refractivity contribution in [3.63, 3.8) is 0 Å². The van der Waals surface area contributed by atoms with Crippen LogP contribution in [0.3, 0.4) is 0 Å². The highest BCUT2D eigenvalue weighted by molar-refractivity contribution is 9.10. The number of aliphatic hydroxyl groups is 1. The maximum Gasteiger partial charge on any atom is 0.339 e. The molecule has 1 saturated heterocycles. The molecule has 0 amide bonds. The Labute approximate surface area is 114 Å². The average molecular weight is 315 g/mol. The quantitative estimate of drug-likeness (QED) is 0.870. The maximum atomic E-state index is 11.2. The molecule has 6 heteroatoms. The van der Waals surface area contributed by atoms with Crippen LogP contribution in [0.1, 0.15) is 23.7 Å². The topological polar surface area (TPSA) is 73.7 Å². The Morgan fingerprint density at radius 1 is 1.61 bits per heavy atom. The molecule has 2 rings (SSSR count). The predicted octanol–water partition coefficient (Wildman–Crippen LogP) is 1.75. The van der Waals surface area contributed by atoms with Crippen molar-refractivity contribution in [1.29, 1.82) is 0 Å². The first kappa shape index (κ1) is 13.3. The number of hydrogen-bond donors (Lipinski definition) is 2. The molecule has 0 radical (unpaired) electrons. The van der Waals surface area contributed by atoms with Gasteiger partial charge in [-0.15, -0.1) is 0 Å². The van der Waals surface area contributed by atoms with E-state index in [9.17, 15) is 15.0 Å². The minimum atomic E-state index is -0.988. The van der Waals surface area contributed by atoms with Crippen molar-refractivity contribution in [3.05, 3.63) is 22.3 Å². The van der Waals surface area contributed by atoms with Gasteiger partial charge in [-0.25, -0.2) is 9.78 Å². The second-order valence-electron chi connectivity index (χ2n) is 4.61. The minimum Gasteiger partial charge on any atom is -0.478 e. The molecule has 2 N–H and O–H groups in total. The first-order chi connectivity index (χ1) is 8.49. The van der Waals surface area contributed by atoms with Crippen LogP contribution in [0, 0.1) is 5.92 Å². The fraction of sp³-hybridized carbons (Fsp3) is 0.500. The van der Waals surface area contributed by atoms with E-state index in [0.29, 0.717) is 29.8 Å². The van der Waals surface area contributed by atoms with Gasteiger partial charge < -0.3 is 15.1 Å². The molecule has 1 aromatic heterocycles. The number of carboxylic acid groups (broad SMARTS) is 1. The van der Waals surface area contributed by atoms with Crippen molar-refractivity contribution < 1.29 is 15.0 Å². The van der Waals surface area contributed by atoms with E-state index in [1.54, 1.807) is 12.3 Å². The summed E-state index contributed by atoms with van der Waals surface area (Å²) in [4.78, 5) is 17.3. The van der Waals surface area contributed by atoms with Crippen LogP contribution in [-0.2, 0) is 0 Å². The Morgan fingerprint density at radius 2 is 2.33 bits per heavy atom. The van der Waals surface area contributed by atoms with E-state index in [4.69, 9.17) is 0 Å². The summed E-state index contributed by atoms with van der Waals surface area (Å²) in [6.45, 7) is 3.20. The van der Waals surface area contributed by atoms with Crippen LogP contribution in [0.2, 0.25) is 0 Å². The molecule has 1 aromatic rings. The van der Waals surface area contributed by atoms with Crippen LogP contribution in [-0.4, -0.2) is 40.4 Å². The molecule has 2 unspecified atom stereocenters. The van der Waals surface area contributed by atoms with Crippen molar-refractivity contribution >= 4 is 27.7 Å². The van der Waals surface area contributed by atoms with Crippen LogP contribution in [0.15, 0.2) is 16.7 Å². The summed E-state index contributed by atoms with van der Waals surface area (Å²) >= 11 is 3.23. The molecule has 1 fully saturated rings. The molecule has 18 heavy (non-hydrogen) atoms. The zero-order valence-electron chi connectivity index (χ0n) is 10.0. The standard InChI is InChI=1S/C12H15BrN2O3/c1-7-6-15(3-2-10(7)16)11-9(12(17)18)4-8(13)5-14-11/h4-5,7,10,16H,2-3,6H2,1H3,(H,17,18). The normalized spacial score (nSPS) is 24.1. The number of aliphatic hydroxyl groups excluding tert-OH is 1. The highest BCUT2D eigenvalue weighted by Gasteiger charge is 2.27. The lowest BCUT2D eigenvalue weighted by Crippen LogP contribution is -2.42. The van der Waals surface area contributed by atoms with Gasteiger partial charge in [-0.05, 0) is 34.3 Å². The fourth-order valence-electron chi connectivity index (χ4n) is 2.17. The number of nitrogens with zero attached hydrogens (tertiary/aromatic N) is 2.